The Balaban J connectivity index is 1.64. The molecule has 1 atom stereocenters. The second-order valence-corrected chi connectivity index (χ2v) is 6.39. The molecule has 1 aromatic heterocycles. The molecule has 0 radical (unpaired) electrons. The Labute approximate surface area is 156 Å². The highest BCUT2D eigenvalue weighted by Gasteiger charge is 2.23. The third-order valence-electron chi connectivity index (χ3n) is 4.57. The highest BCUT2D eigenvalue weighted by atomic mass is 19.1. The lowest BCUT2D eigenvalue weighted by molar-refractivity contribution is 0.186. The molecule has 0 saturated heterocycles. The van der Waals surface area contributed by atoms with Crippen LogP contribution in [-0.4, -0.2) is 34.4 Å². The molecule has 1 aliphatic heterocycles. The molecule has 4 rings (SSSR count). The van der Waals surface area contributed by atoms with Crippen LogP contribution in [0.4, 0.5) is 27.3 Å². The van der Waals surface area contributed by atoms with Crippen LogP contribution in [0.5, 0.6) is 0 Å². The molecule has 1 aliphatic carbocycles. The van der Waals surface area contributed by atoms with Crippen LogP contribution < -0.4 is 15.5 Å². The Hall–Kier alpha value is -3.19. The van der Waals surface area contributed by atoms with Gasteiger partial charge in [0.25, 0.3) is 0 Å². The summed E-state index contributed by atoms with van der Waals surface area (Å²) in [5.74, 6) is 0.158. The fourth-order valence-electron chi connectivity index (χ4n) is 3.15. The van der Waals surface area contributed by atoms with Crippen molar-refractivity contribution >= 4 is 28.5 Å². The molecule has 138 valence electrons. The first kappa shape index (κ1) is 17.2. The van der Waals surface area contributed by atoms with Gasteiger partial charge in [-0.25, -0.2) is 9.37 Å². The summed E-state index contributed by atoms with van der Waals surface area (Å²) in [6.07, 6.45) is 7.12. The molecule has 0 fully saturated rings. The van der Waals surface area contributed by atoms with Crippen molar-refractivity contribution in [3.05, 3.63) is 66.9 Å². The fourth-order valence-corrected chi connectivity index (χ4v) is 3.15. The first-order chi connectivity index (χ1) is 13.2. The number of allylic oxidation sites excluding steroid dienone is 2. The van der Waals surface area contributed by atoms with E-state index in [0.29, 0.717) is 24.7 Å². The highest BCUT2D eigenvalue weighted by Crippen LogP contribution is 2.38. The van der Waals surface area contributed by atoms with Crippen molar-refractivity contribution in [2.45, 2.75) is 12.5 Å². The Kier molecular flexibility index (Phi) is 4.60. The Bertz CT molecular complexity index is 940. The molecule has 1 unspecified atom stereocenters. The van der Waals surface area contributed by atoms with Gasteiger partial charge in [-0.15, -0.1) is 6.58 Å². The van der Waals surface area contributed by atoms with Gasteiger partial charge in [0.1, 0.15) is 11.9 Å². The molecule has 0 spiro atoms. The second-order valence-electron chi connectivity index (χ2n) is 6.39. The zero-order valence-electron chi connectivity index (χ0n) is 14.7. The van der Waals surface area contributed by atoms with Gasteiger partial charge in [0, 0.05) is 18.7 Å². The van der Waals surface area contributed by atoms with E-state index in [0.717, 1.165) is 22.6 Å². The molecule has 6 nitrogen and oxygen atoms in total. The number of nitrogens with one attached hydrogen (secondary N) is 2. The van der Waals surface area contributed by atoms with Crippen molar-refractivity contribution < 1.29 is 9.50 Å². The molecule has 0 saturated carbocycles. The molecule has 0 amide bonds. The smallest absolute Gasteiger partial charge is 0.153 e. The summed E-state index contributed by atoms with van der Waals surface area (Å²) < 4.78 is 13.4. The van der Waals surface area contributed by atoms with Crippen molar-refractivity contribution in [2.75, 3.05) is 28.7 Å². The number of fused-ring (bicyclic) bond motifs is 1. The van der Waals surface area contributed by atoms with Gasteiger partial charge in [-0.05, 0) is 29.8 Å². The number of hydrogen-bond acceptors (Lipinski definition) is 6. The van der Waals surface area contributed by atoms with Crippen LogP contribution in [0.3, 0.4) is 0 Å². The number of halogens is 1. The topological polar surface area (TPSA) is 73.3 Å². The summed E-state index contributed by atoms with van der Waals surface area (Å²) in [6.45, 7) is 4.98. The summed E-state index contributed by atoms with van der Waals surface area (Å²) in [5.41, 5.74) is 4.39. The molecule has 2 heterocycles. The van der Waals surface area contributed by atoms with E-state index in [9.17, 15) is 9.50 Å². The van der Waals surface area contributed by atoms with Gasteiger partial charge in [-0.3, -0.25) is 4.98 Å². The monoisotopic (exact) mass is 365 g/mol. The van der Waals surface area contributed by atoms with E-state index in [1.807, 2.05) is 23.1 Å². The molecule has 2 aliphatic rings. The van der Waals surface area contributed by atoms with Gasteiger partial charge in [0.15, 0.2) is 5.82 Å². The fraction of sp³-hybridized carbons (Fsp3) is 0.200. The average Bonchev–Trinajstić information content (AvgIpc) is 3.12. The number of rotatable bonds is 5. The van der Waals surface area contributed by atoms with Crippen LogP contribution in [0.15, 0.2) is 61.2 Å². The van der Waals surface area contributed by atoms with E-state index < -0.39 is 11.9 Å². The maximum atomic E-state index is 13.4. The third kappa shape index (κ3) is 3.41. The van der Waals surface area contributed by atoms with Crippen molar-refractivity contribution in [2.24, 2.45) is 0 Å². The summed E-state index contributed by atoms with van der Waals surface area (Å²) in [5, 5.41) is 16.4. The van der Waals surface area contributed by atoms with Gasteiger partial charge >= 0.3 is 0 Å². The van der Waals surface area contributed by atoms with Gasteiger partial charge in [-0.1, -0.05) is 12.2 Å². The standard InChI is InChI=1S/C20H20FN5O/c1-2-7-23-14-4-6-16-18(9-14)26(12-24-16)20-11-22-10-17(25-20)13-3-5-15(21)19(27)8-13/h2-6,9-11,19,23-24,27H,1,7-8,12H2. The van der Waals surface area contributed by atoms with E-state index in [4.69, 9.17) is 0 Å². The third-order valence-corrected chi connectivity index (χ3v) is 4.57. The number of hydrogen-bond donors (Lipinski definition) is 3. The summed E-state index contributed by atoms with van der Waals surface area (Å²) >= 11 is 0. The molecular formula is C20H20FN5O. The summed E-state index contributed by atoms with van der Waals surface area (Å²) in [6, 6.07) is 6.08. The van der Waals surface area contributed by atoms with E-state index in [1.165, 1.54) is 6.08 Å². The molecule has 27 heavy (non-hydrogen) atoms. The van der Waals surface area contributed by atoms with Crippen molar-refractivity contribution in [1.82, 2.24) is 9.97 Å². The normalized spacial score (nSPS) is 18.3. The van der Waals surface area contributed by atoms with E-state index in [1.54, 1.807) is 18.5 Å². The van der Waals surface area contributed by atoms with Crippen molar-refractivity contribution in [3.8, 4) is 0 Å². The second kappa shape index (κ2) is 7.20. The number of anilines is 4. The van der Waals surface area contributed by atoms with Gasteiger partial charge in [-0.2, -0.15) is 0 Å². The zero-order valence-corrected chi connectivity index (χ0v) is 14.7. The van der Waals surface area contributed by atoms with Crippen LogP contribution >= 0.6 is 0 Å². The number of aliphatic hydroxyl groups excluding tert-OH is 1. The number of nitrogens with zero attached hydrogens (tertiary/aromatic N) is 3. The first-order valence-electron chi connectivity index (χ1n) is 8.72. The zero-order chi connectivity index (χ0) is 18.8. The maximum Gasteiger partial charge on any atom is 0.153 e. The minimum absolute atomic E-state index is 0.185. The molecular weight excluding hydrogens is 345 g/mol. The van der Waals surface area contributed by atoms with Crippen molar-refractivity contribution in [3.63, 3.8) is 0 Å². The quantitative estimate of drug-likeness (QED) is 0.703. The van der Waals surface area contributed by atoms with E-state index in [-0.39, 0.29) is 6.42 Å². The predicted octanol–water partition coefficient (Wildman–Crippen LogP) is 3.60. The van der Waals surface area contributed by atoms with E-state index >= 15 is 0 Å². The van der Waals surface area contributed by atoms with Crippen LogP contribution in [0, 0.1) is 0 Å². The number of benzene rings is 1. The van der Waals surface area contributed by atoms with Crippen LogP contribution in [-0.2, 0) is 0 Å². The average molecular weight is 365 g/mol. The van der Waals surface area contributed by atoms with Crippen LogP contribution in [0.2, 0.25) is 0 Å². The van der Waals surface area contributed by atoms with E-state index in [2.05, 4.69) is 33.2 Å². The minimum Gasteiger partial charge on any atom is -0.386 e. The SMILES string of the molecule is C=CCNc1ccc2c(c1)N(c1cncc(C3=CC=C(F)C(O)C3)n1)CN2. The molecule has 3 N–H and O–H groups in total. The Morgan fingerprint density at radius 3 is 3.07 bits per heavy atom. The largest absolute Gasteiger partial charge is 0.386 e. The van der Waals surface area contributed by atoms with Crippen LogP contribution in [0.25, 0.3) is 5.57 Å². The molecule has 7 heteroatoms. The molecule has 0 bridgehead atoms. The van der Waals surface area contributed by atoms with Crippen LogP contribution in [0.1, 0.15) is 12.1 Å². The highest BCUT2D eigenvalue weighted by molar-refractivity contribution is 5.83. The lowest BCUT2D eigenvalue weighted by Crippen LogP contribution is -2.19. The maximum absolute atomic E-state index is 13.4. The van der Waals surface area contributed by atoms with Gasteiger partial charge in [0.05, 0.1) is 36.1 Å². The minimum atomic E-state index is -1.12. The molecule has 2 aromatic rings. The summed E-state index contributed by atoms with van der Waals surface area (Å²) in [7, 11) is 0. The predicted molar refractivity (Wildman–Crippen MR) is 106 cm³/mol. The Morgan fingerprint density at radius 2 is 2.26 bits per heavy atom. The Morgan fingerprint density at radius 1 is 1.37 bits per heavy atom. The molecule has 1 aromatic carbocycles. The lowest BCUT2D eigenvalue weighted by atomic mass is 9.99. The number of aromatic nitrogens is 2. The number of aliphatic hydroxyl groups is 1. The van der Waals surface area contributed by atoms with Crippen molar-refractivity contribution in [1.29, 1.82) is 0 Å². The lowest BCUT2D eigenvalue weighted by Gasteiger charge is -2.20. The van der Waals surface area contributed by atoms with Gasteiger partial charge < -0.3 is 20.6 Å². The van der Waals surface area contributed by atoms with Gasteiger partial charge in [0.2, 0.25) is 0 Å². The first-order valence-corrected chi connectivity index (χ1v) is 8.72. The summed E-state index contributed by atoms with van der Waals surface area (Å²) in [4.78, 5) is 11.0.